The van der Waals surface area contributed by atoms with Gasteiger partial charge in [0.1, 0.15) is 6.17 Å². The highest BCUT2D eigenvalue weighted by atomic mass is 16.2. The van der Waals surface area contributed by atoms with Crippen LogP contribution in [0.3, 0.4) is 0 Å². The molecule has 1 heterocycles. The van der Waals surface area contributed by atoms with Gasteiger partial charge in [-0.1, -0.05) is 61.9 Å². The van der Waals surface area contributed by atoms with E-state index in [1.165, 1.54) is 43.2 Å². The summed E-state index contributed by atoms with van der Waals surface area (Å²) in [5.41, 5.74) is 2.48. The highest BCUT2D eigenvalue weighted by Crippen LogP contribution is 2.31. The molecule has 114 valence electrons. The van der Waals surface area contributed by atoms with Crippen molar-refractivity contribution in [1.29, 1.82) is 0 Å². The van der Waals surface area contributed by atoms with Crippen LogP contribution in [0.15, 0.2) is 24.3 Å². The van der Waals surface area contributed by atoms with Gasteiger partial charge in [0, 0.05) is 6.04 Å². The van der Waals surface area contributed by atoms with E-state index in [9.17, 15) is 4.79 Å². The fourth-order valence-corrected chi connectivity index (χ4v) is 3.76. The number of nitrogens with one attached hydrogen (secondary N) is 1. The van der Waals surface area contributed by atoms with Gasteiger partial charge in [-0.25, -0.2) is 0 Å². The van der Waals surface area contributed by atoms with Gasteiger partial charge in [0.15, 0.2) is 0 Å². The normalized spacial score (nSPS) is 24.9. The molecule has 3 heteroatoms. The van der Waals surface area contributed by atoms with Crippen molar-refractivity contribution in [3.05, 3.63) is 35.4 Å². The molecule has 1 aliphatic carbocycles. The Morgan fingerprint density at radius 1 is 1.10 bits per heavy atom. The maximum atomic E-state index is 12.4. The first-order valence-electron chi connectivity index (χ1n) is 8.37. The second kappa shape index (κ2) is 6.61. The highest BCUT2D eigenvalue weighted by Gasteiger charge is 2.36. The van der Waals surface area contributed by atoms with Crippen molar-refractivity contribution in [2.24, 2.45) is 0 Å². The van der Waals surface area contributed by atoms with Gasteiger partial charge in [0.25, 0.3) is 0 Å². The van der Waals surface area contributed by atoms with Crippen LogP contribution in [-0.4, -0.2) is 23.4 Å². The van der Waals surface area contributed by atoms with E-state index in [4.69, 9.17) is 0 Å². The van der Waals surface area contributed by atoms with Crippen LogP contribution in [0.2, 0.25) is 0 Å². The molecule has 1 atom stereocenters. The molecule has 0 spiro atoms. The zero-order valence-corrected chi connectivity index (χ0v) is 13.0. The number of carbonyl (C=O) groups is 1. The van der Waals surface area contributed by atoms with Crippen molar-refractivity contribution in [3.63, 3.8) is 0 Å². The first-order chi connectivity index (χ1) is 10.3. The third kappa shape index (κ3) is 3.29. The number of benzene rings is 1. The molecule has 1 unspecified atom stereocenters. The van der Waals surface area contributed by atoms with Crippen LogP contribution in [0.1, 0.15) is 62.2 Å². The van der Waals surface area contributed by atoms with Crippen LogP contribution in [0.4, 0.5) is 0 Å². The van der Waals surface area contributed by atoms with E-state index in [1.54, 1.807) is 0 Å². The Hall–Kier alpha value is -1.35. The summed E-state index contributed by atoms with van der Waals surface area (Å²) in [6, 6.07) is 8.95. The zero-order valence-electron chi connectivity index (χ0n) is 13.0. The molecule has 1 amide bonds. The molecule has 1 aromatic rings. The number of aryl methyl sites for hydroxylation is 1. The Morgan fingerprint density at radius 3 is 2.52 bits per heavy atom. The number of carbonyl (C=O) groups excluding carboxylic acids is 1. The van der Waals surface area contributed by atoms with Gasteiger partial charge in [0.05, 0.1) is 6.54 Å². The van der Waals surface area contributed by atoms with E-state index in [2.05, 4.69) is 41.4 Å². The van der Waals surface area contributed by atoms with Crippen LogP contribution in [-0.2, 0) is 4.79 Å². The minimum atomic E-state index is 0.0711. The van der Waals surface area contributed by atoms with Gasteiger partial charge < -0.3 is 4.90 Å². The predicted octanol–water partition coefficient (Wildman–Crippen LogP) is 3.54. The zero-order chi connectivity index (χ0) is 14.7. The summed E-state index contributed by atoms with van der Waals surface area (Å²) in [5.74, 6) is 0.270. The van der Waals surface area contributed by atoms with E-state index in [1.807, 2.05) is 0 Å². The second-order valence-electron chi connectivity index (χ2n) is 6.50. The lowest BCUT2D eigenvalue weighted by Crippen LogP contribution is -2.40. The van der Waals surface area contributed by atoms with Crippen molar-refractivity contribution in [2.75, 3.05) is 6.54 Å². The highest BCUT2D eigenvalue weighted by molar-refractivity contribution is 5.81. The van der Waals surface area contributed by atoms with Crippen LogP contribution in [0.25, 0.3) is 0 Å². The number of rotatable bonds is 2. The number of hydrogen-bond acceptors (Lipinski definition) is 2. The van der Waals surface area contributed by atoms with Crippen molar-refractivity contribution in [2.45, 2.75) is 64.1 Å². The Morgan fingerprint density at radius 2 is 1.81 bits per heavy atom. The van der Waals surface area contributed by atoms with E-state index in [0.29, 0.717) is 12.6 Å². The van der Waals surface area contributed by atoms with Crippen LogP contribution in [0.5, 0.6) is 0 Å². The molecule has 1 aliphatic heterocycles. The van der Waals surface area contributed by atoms with Crippen molar-refractivity contribution in [1.82, 2.24) is 10.2 Å². The van der Waals surface area contributed by atoms with Gasteiger partial charge >= 0.3 is 0 Å². The molecular weight excluding hydrogens is 260 g/mol. The summed E-state index contributed by atoms with van der Waals surface area (Å²) >= 11 is 0. The average Bonchev–Trinajstić information content (AvgIpc) is 2.81. The number of hydrogen-bond donors (Lipinski definition) is 1. The monoisotopic (exact) mass is 286 g/mol. The molecule has 1 saturated heterocycles. The molecule has 1 saturated carbocycles. The fourth-order valence-electron chi connectivity index (χ4n) is 3.76. The van der Waals surface area contributed by atoms with E-state index < -0.39 is 0 Å². The van der Waals surface area contributed by atoms with Gasteiger partial charge in [-0.15, -0.1) is 0 Å². The quantitative estimate of drug-likeness (QED) is 0.902. The molecule has 2 aliphatic rings. The predicted molar refractivity (Wildman–Crippen MR) is 84.9 cm³/mol. The van der Waals surface area contributed by atoms with Crippen molar-refractivity contribution >= 4 is 5.91 Å². The van der Waals surface area contributed by atoms with Crippen LogP contribution >= 0.6 is 0 Å². The Balaban J connectivity index is 1.81. The van der Waals surface area contributed by atoms with Crippen molar-refractivity contribution < 1.29 is 4.79 Å². The maximum Gasteiger partial charge on any atom is 0.238 e. The minimum absolute atomic E-state index is 0.0711. The molecule has 0 aromatic heterocycles. The molecule has 1 N–H and O–H groups in total. The summed E-state index contributed by atoms with van der Waals surface area (Å²) in [7, 11) is 0. The summed E-state index contributed by atoms with van der Waals surface area (Å²) in [4.78, 5) is 14.5. The van der Waals surface area contributed by atoms with Gasteiger partial charge in [0.2, 0.25) is 5.91 Å². The molecule has 21 heavy (non-hydrogen) atoms. The topological polar surface area (TPSA) is 32.3 Å². The molecular formula is C18H26N2O. The summed E-state index contributed by atoms with van der Waals surface area (Å²) in [6.45, 7) is 2.59. The number of nitrogens with zero attached hydrogens (tertiary/aromatic N) is 1. The summed E-state index contributed by atoms with van der Waals surface area (Å²) < 4.78 is 0. The van der Waals surface area contributed by atoms with Crippen molar-refractivity contribution in [3.8, 4) is 0 Å². The Kier molecular flexibility index (Phi) is 4.59. The van der Waals surface area contributed by atoms with Crippen LogP contribution < -0.4 is 5.32 Å². The van der Waals surface area contributed by atoms with Gasteiger partial charge in [-0.05, 0) is 25.3 Å². The van der Waals surface area contributed by atoms with Gasteiger partial charge in [-0.3, -0.25) is 10.1 Å². The second-order valence-corrected chi connectivity index (χ2v) is 6.50. The summed E-state index contributed by atoms with van der Waals surface area (Å²) in [5, 5.41) is 3.41. The lowest BCUT2D eigenvalue weighted by molar-refractivity contribution is -0.130. The smallest absolute Gasteiger partial charge is 0.238 e. The number of amides is 1. The third-order valence-corrected chi connectivity index (χ3v) is 4.84. The molecule has 3 nitrogen and oxygen atoms in total. The minimum Gasteiger partial charge on any atom is -0.319 e. The molecule has 0 bridgehead atoms. The van der Waals surface area contributed by atoms with E-state index in [0.717, 1.165) is 12.8 Å². The molecule has 1 aromatic carbocycles. The maximum absolute atomic E-state index is 12.4. The fraction of sp³-hybridized carbons (Fsp3) is 0.611. The average molecular weight is 286 g/mol. The third-order valence-electron chi connectivity index (χ3n) is 4.84. The van der Waals surface area contributed by atoms with E-state index >= 15 is 0 Å². The lowest BCUT2D eigenvalue weighted by Gasteiger charge is -2.34. The Bertz CT molecular complexity index is 492. The van der Waals surface area contributed by atoms with Crippen LogP contribution in [0, 0.1) is 6.92 Å². The molecule has 3 rings (SSSR count). The summed E-state index contributed by atoms with van der Waals surface area (Å²) in [6.07, 6.45) is 8.92. The first-order valence-corrected chi connectivity index (χ1v) is 8.37. The molecule has 2 fully saturated rings. The first kappa shape index (κ1) is 14.6. The van der Waals surface area contributed by atoms with Gasteiger partial charge in [-0.2, -0.15) is 0 Å². The molecule has 0 radical (unpaired) electrons. The largest absolute Gasteiger partial charge is 0.319 e. The standard InChI is InChI=1S/C18H26N2O/c1-14-8-7-9-15(12-14)18-19-13-17(21)20(18)16-10-5-3-2-4-6-11-16/h7-9,12,16,18-19H,2-6,10-11,13H2,1H3. The SMILES string of the molecule is Cc1cccc(C2NCC(=O)N2C2CCCCCCC2)c1. The van der Waals surface area contributed by atoms with E-state index in [-0.39, 0.29) is 12.1 Å². The lowest BCUT2D eigenvalue weighted by atomic mass is 9.95. The Labute approximate surface area is 127 Å².